The quantitative estimate of drug-likeness (QED) is 0.0768. The predicted octanol–water partition coefficient (Wildman–Crippen LogP) is 17.5. The van der Waals surface area contributed by atoms with Gasteiger partial charge in [-0.2, -0.15) is 127 Å². The van der Waals surface area contributed by atoms with Crippen LogP contribution in [0.1, 0.15) is 50.1 Å². The van der Waals surface area contributed by atoms with E-state index in [1.165, 1.54) is 32.2 Å². The van der Waals surface area contributed by atoms with E-state index in [0.717, 1.165) is 6.16 Å². The number of benzene rings is 9. The normalized spacial score (nSPS) is 13.3. The molecule has 0 radical (unpaired) electrons. The summed E-state index contributed by atoms with van der Waals surface area (Å²) in [6.07, 6.45) is -53.8. The van der Waals surface area contributed by atoms with Crippen molar-refractivity contribution in [2.75, 3.05) is 0 Å². The second kappa shape index (κ2) is 23.3. The lowest BCUT2D eigenvalue weighted by Gasteiger charge is -2.46. The molecule has 9 aromatic rings. The summed E-state index contributed by atoms with van der Waals surface area (Å²) in [7, 11) is -1.88. The minimum Gasteiger partial charge on any atom is -0.194 e. The Balaban J connectivity index is 0.000000271. The Morgan fingerprint density at radius 2 is 0.460 bits per heavy atom. The lowest BCUT2D eigenvalue weighted by Crippen LogP contribution is -2.75. The van der Waals surface area contributed by atoms with Crippen LogP contribution < -0.4 is 37.8 Å². The Hall–Kier alpha value is -7.95. The lowest BCUT2D eigenvalue weighted by atomic mass is 9.12. The summed E-state index contributed by atoms with van der Waals surface area (Å²) in [5.74, 6) is 0. The second-order valence-electron chi connectivity index (χ2n) is 19.8. The molecule has 0 nitrogen and oxygen atoms in total. The van der Waals surface area contributed by atoms with E-state index in [9.17, 15) is 105 Å². The highest BCUT2D eigenvalue weighted by Gasteiger charge is 2.49. The van der Waals surface area contributed by atoms with Gasteiger partial charge in [0.15, 0.2) is 0 Å². The van der Waals surface area contributed by atoms with Gasteiger partial charge in [-0.25, -0.2) is 0 Å². The van der Waals surface area contributed by atoms with Crippen LogP contribution in [0.25, 0.3) is 10.8 Å². The average Bonchev–Trinajstić information content (AvgIpc) is 0.719. The predicted molar refractivity (Wildman–Crippen MR) is 283 cm³/mol. The molecule has 0 unspecified atom stereocenters. The fourth-order valence-electron chi connectivity index (χ4n) is 10.5. The van der Waals surface area contributed by atoms with E-state index in [-0.39, 0.29) is 0 Å². The lowest BCUT2D eigenvalue weighted by molar-refractivity contribution is -0.144. The van der Waals surface area contributed by atoms with Crippen molar-refractivity contribution in [3.8, 4) is 0 Å². The Labute approximate surface area is 478 Å². The first-order valence-corrected chi connectivity index (χ1v) is 27.0. The highest BCUT2D eigenvalue weighted by molar-refractivity contribution is 7.95. The van der Waals surface area contributed by atoms with E-state index in [0.29, 0.717) is 0 Å². The molecule has 456 valence electrons. The highest BCUT2D eigenvalue weighted by Crippen LogP contribution is 2.59. The molecule has 0 saturated heterocycles. The SMILES string of the molecule is FC(F)(F)c1cc([B-](c2cc(C(F)(F)F)cc(C(F)(F)F)c2)(c2cc(C(F)(F)F)cc(C(F)(F)F)c2)c2cc(C(F)(F)F)cc(C(F)(F)F)c2)cc(C(F)(F)F)c1.c1ccc([P+](Cc2cccc3ccccc23)(c2ccccc2)c2ccccc2)cc1. The van der Waals surface area contributed by atoms with Gasteiger partial charge in [0, 0.05) is 0 Å². The van der Waals surface area contributed by atoms with Crippen LogP contribution in [0.15, 0.2) is 206 Å². The van der Waals surface area contributed by atoms with E-state index in [1.807, 2.05) is 0 Å². The maximum Gasteiger partial charge on any atom is 0.416 e. The maximum atomic E-state index is 14.2. The van der Waals surface area contributed by atoms with E-state index in [1.54, 1.807) is 0 Å². The van der Waals surface area contributed by atoms with Crippen molar-refractivity contribution in [3.05, 3.63) is 256 Å². The molecule has 9 rings (SSSR count). The minimum atomic E-state index is -6.13. The third-order valence-electron chi connectivity index (χ3n) is 14.3. The molecule has 0 aliphatic heterocycles. The topological polar surface area (TPSA) is 0 Å². The van der Waals surface area contributed by atoms with E-state index >= 15 is 0 Å². The minimum absolute atomic E-state index is 0.691. The Kier molecular flexibility index (Phi) is 17.4. The van der Waals surface area contributed by atoms with Crippen molar-refractivity contribution < 1.29 is 105 Å². The monoisotopic (exact) mass is 1270 g/mol. The molecule has 9 aromatic carbocycles. The first kappa shape index (κ1) is 65.0. The van der Waals surface area contributed by atoms with E-state index in [4.69, 9.17) is 0 Å². The number of halogens is 24. The van der Waals surface area contributed by atoms with Crippen LogP contribution in [0.5, 0.6) is 0 Å². The number of rotatable bonds is 9. The molecule has 0 heterocycles. The molecule has 87 heavy (non-hydrogen) atoms. The van der Waals surface area contributed by atoms with E-state index < -0.39 is 202 Å². The molecule has 0 spiro atoms. The van der Waals surface area contributed by atoms with Gasteiger partial charge in [0.1, 0.15) is 29.3 Å². The molecule has 0 N–H and O–H groups in total. The van der Waals surface area contributed by atoms with Gasteiger partial charge in [0.25, 0.3) is 0 Å². The van der Waals surface area contributed by atoms with Gasteiger partial charge in [-0.15, -0.1) is 0 Å². The van der Waals surface area contributed by atoms with Gasteiger partial charge in [0.05, 0.1) is 50.7 Å². The molecule has 0 aliphatic carbocycles. The summed E-state index contributed by atoms with van der Waals surface area (Å²) in [6.45, 7) is 0. The second-order valence-corrected chi connectivity index (χ2v) is 23.3. The van der Waals surface area contributed by atoms with Crippen LogP contribution in [-0.2, 0) is 55.6 Å². The average molecular weight is 1270 g/mol. The summed E-state index contributed by atoms with van der Waals surface area (Å²) in [5.41, 5.74) is -28.8. The van der Waals surface area contributed by atoms with Crippen LogP contribution in [0, 0.1) is 0 Å². The van der Waals surface area contributed by atoms with Crippen molar-refractivity contribution in [1.29, 1.82) is 0 Å². The summed E-state index contributed by atoms with van der Waals surface area (Å²) in [4.78, 5) is 0. The van der Waals surface area contributed by atoms with Crippen LogP contribution in [-0.4, -0.2) is 6.15 Å². The summed E-state index contributed by atoms with van der Waals surface area (Å²) in [6, 6.07) is 40.0. The Morgan fingerprint density at radius 1 is 0.241 bits per heavy atom. The summed E-state index contributed by atoms with van der Waals surface area (Å²) in [5, 5.41) is 6.94. The molecule has 0 amide bonds. The van der Waals surface area contributed by atoms with Gasteiger partial charge >= 0.3 is 49.4 Å². The van der Waals surface area contributed by atoms with Crippen molar-refractivity contribution in [3.63, 3.8) is 0 Å². The van der Waals surface area contributed by atoms with Crippen LogP contribution in [0.2, 0.25) is 0 Å². The summed E-state index contributed by atoms with van der Waals surface area (Å²) >= 11 is 0. The zero-order valence-corrected chi connectivity index (χ0v) is 44.3. The van der Waals surface area contributed by atoms with Crippen molar-refractivity contribution in [2.45, 2.75) is 55.6 Å². The third kappa shape index (κ3) is 13.9. The standard InChI is InChI=1S/C32H12BF24.C29H24P/c34-25(35,36)13-1-14(26(37,38)39)6-21(5-13)33(22-7-15(27(40,41)42)2-16(8-22)28(43,44)45,23-9-17(29(46,47)48)3-18(10-23)30(49,50)51)24-11-19(31(52,53)54)4-20(12-24)32(55,56)57;1-4-16-26(17-5-1)30(27-18-6-2-7-19-27,28-20-8-3-9-21-28)23-25-15-12-14-24-13-10-11-22-29(24)25/h1-12H;1-22H,23H2/q-1;+1. The van der Waals surface area contributed by atoms with Crippen molar-refractivity contribution in [2.24, 2.45) is 0 Å². The highest BCUT2D eigenvalue weighted by atomic mass is 31.2. The van der Waals surface area contributed by atoms with Gasteiger partial charge in [-0.3, -0.25) is 0 Å². The van der Waals surface area contributed by atoms with Gasteiger partial charge < -0.3 is 0 Å². The first-order chi connectivity index (χ1) is 40.1. The van der Waals surface area contributed by atoms with Gasteiger partial charge in [0.2, 0.25) is 0 Å². The Bertz CT molecular complexity index is 3350. The zero-order chi connectivity index (χ0) is 64.1. The molecular formula is C61H36BF24P. The molecule has 0 aliphatic rings. The van der Waals surface area contributed by atoms with Crippen molar-refractivity contribution in [1.82, 2.24) is 0 Å². The number of hydrogen-bond acceptors (Lipinski definition) is 0. The van der Waals surface area contributed by atoms with Gasteiger partial charge in [-0.05, 0) is 77.0 Å². The van der Waals surface area contributed by atoms with Crippen LogP contribution >= 0.6 is 7.26 Å². The van der Waals surface area contributed by atoms with E-state index in [2.05, 4.69) is 133 Å². The van der Waals surface area contributed by atoms with Crippen LogP contribution in [0.3, 0.4) is 0 Å². The number of fused-ring (bicyclic) bond motifs is 1. The van der Waals surface area contributed by atoms with Crippen LogP contribution in [0.4, 0.5) is 105 Å². The zero-order valence-electron chi connectivity index (χ0n) is 43.4. The molecule has 0 saturated carbocycles. The first-order valence-electron chi connectivity index (χ1n) is 25.0. The van der Waals surface area contributed by atoms with Crippen molar-refractivity contribution >= 4 is 61.9 Å². The molecule has 0 aromatic heterocycles. The largest absolute Gasteiger partial charge is 0.416 e. The number of hydrogen-bond donors (Lipinski definition) is 0. The Morgan fingerprint density at radius 3 is 0.701 bits per heavy atom. The molecule has 26 heteroatoms. The third-order valence-corrected chi connectivity index (χ3v) is 18.7. The smallest absolute Gasteiger partial charge is 0.194 e. The number of alkyl halides is 24. The molecular weight excluding hydrogens is 1230 g/mol. The fourth-order valence-corrected chi connectivity index (χ4v) is 14.8. The summed E-state index contributed by atoms with van der Waals surface area (Å²) < 4.78 is 341. The van der Waals surface area contributed by atoms with Gasteiger partial charge in [-0.1, -0.05) is 146 Å². The molecule has 0 atom stereocenters. The molecule has 0 bridgehead atoms. The maximum absolute atomic E-state index is 14.2. The fraction of sp³-hybridized carbons (Fsp3) is 0.148. The molecule has 0 fully saturated rings.